The largest absolute Gasteiger partial charge is 0.342 e. The molecule has 0 aromatic carbocycles. The molecule has 0 N–H and O–H groups in total. The average Bonchev–Trinajstić information content (AvgIpc) is 2.39. The Hall–Kier alpha value is -1.06. The van der Waals surface area contributed by atoms with Crippen LogP contribution < -0.4 is 0 Å². The second-order valence-electron chi connectivity index (χ2n) is 7.26. The van der Waals surface area contributed by atoms with Crippen molar-refractivity contribution in [3.05, 3.63) is 0 Å². The first kappa shape index (κ1) is 13.9. The zero-order valence-corrected chi connectivity index (χ0v) is 12.7. The highest BCUT2D eigenvalue weighted by atomic mass is 16.2. The van der Waals surface area contributed by atoms with Gasteiger partial charge in [0, 0.05) is 38.5 Å². The zero-order chi connectivity index (χ0) is 14.3. The Labute approximate surface area is 121 Å². The van der Waals surface area contributed by atoms with Gasteiger partial charge < -0.3 is 9.80 Å². The van der Waals surface area contributed by atoms with Gasteiger partial charge in [-0.15, -0.1) is 0 Å². The summed E-state index contributed by atoms with van der Waals surface area (Å²) < 4.78 is 0. The molecule has 0 aliphatic carbocycles. The number of hydrogen-bond donors (Lipinski definition) is 0. The molecule has 0 aromatic rings. The fraction of sp³-hybridized carbons (Fsp3) is 0.875. The molecular weight excluding hydrogens is 252 g/mol. The van der Waals surface area contributed by atoms with Crippen molar-refractivity contribution in [2.75, 3.05) is 19.6 Å². The van der Waals surface area contributed by atoms with E-state index >= 15 is 0 Å². The summed E-state index contributed by atoms with van der Waals surface area (Å²) in [6.07, 6.45) is 4.76. The summed E-state index contributed by atoms with van der Waals surface area (Å²) in [5.41, 5.74) is 0. The third-order valence-electron chi connectivity index (χ3n) is 5.12. The highest BCUT2D eigenvalue weighted by molar-refractivity contribution is 5.78. The van der Waals surface area contributed by atoms with Crippen LogP contribution in [-0.4, -0.2) is 47.3 Å². The predicted octanol–water partition coefficient (Wildman–Crippen LogP) is 1.89. The first-order valence-corrected chi connectivity index (χ1v) is 8.12. The molecule has 0 radical (unpaired) electrons. The van der Waals surface area contributed by atoms with Crippen LogP contribution in [-0.2, 0) is 9.59 Å². The van der Waals surface area contributed by atoms with Crippen molar-refractivity contribution in [1.82, 2.24) is 9.80 Å². The maximum Gasteiger partial charge on any atom is 0.222 e. The quantitative estimate of drug-likeness (QED) is 0.774. The molecule has 112 valence electrons. The average molecular weight is 278 g/mol. The van der Waals surface area contributed by atoms with Gasteiger partial charge in [-0.1, -0.05) is 13.8 Å². The van der Waals surface area contributed by atoms with Gasteiger partial charge in [0.05, 0.1) is 0 Å². The molecule has 0 saturated carbocycles. The number of amides is 2. The van der Waals surface area contributed by atoms with Gasteiger partial charge in [0.15, 0.2) is 0 Å². The van der Waals surface area contributed by atoms with Crippen LogP contribution >= 0.6 is 0 Å². The molecule has 0 unspecified atom stereocenters. The normalized spacial score (nSPS) is 33.4. The topological polar surface area (TPSA) is 40.6 Å². The van der Waals surface area contributed by atoms with Crippen LogP contribution in [0.25, 0.3) is 0 Å². The van der Waals surface area contributed by atoms with E-state index in [-0.39, 0.29) is 0 Å². The number of rotatable bonds is 2. The number of carbonyl (C=O) groups excluding carboxylic acids is 2. The summed E-state index contributed by atoms with van der Waals surface area (Å²) in [6, 6.07) is 0.405. The molecule has 3 atom stereocenters. The van der Waals surface area contributed by atoms with Gasteiger partial charge in [-0.25, -0.2) is 0 Å². The fourth-order valence-electron chi connectivity index (χ4n) is 4.29. The Kier molecular flexibility index (Phi) is 3.74. The Balaban J connectivity index is 1.69. The zero-order valence-electron chi connectivity index (χ0n) is 12.7. The molecule has 3 aliphatic heterocycles. The van der Waals surface area contributed by atoms with Crippen molar-refractivity contribution >= 4 is 11.8 Å². The van der Waals surface area contributed by atoms with Crippen molar-refractivity contribution < 1.29 is 9.59 Å². The maximum atomic E-state index is 12.3. The summed E-state index contributed by atoms with van der Waals surface area (Å²) in [5.74, 6) is 2.10. The number of nitrogens with zero attached hydrogens (tertiary/aromatic N) is 2. The van der Waals surface area contributed by atoms with Crippen LogP contribution in [0.3, 0.4) is 0 Å². The van der Waals surface area contributed by atoms with E-state index in [2.05, 4.69) is 23.6 Å². The second-order valence-corrected chi connectivity index (χ2v) is 7.26. The number of carbonyl (C=O) groups is 2. The number of hydrogen-bond acceptors (Lipinski definition) is 2. The first-order valence-electron chi connectivity index (χ1n) is 8.12. The SMILES string of the molecule is CC(C)CC(=O)N1C[C@H]2C[C@H](C1)[C@H]1CCCC(=O)N1C2. The van der Waals surface area contributed by atoms with Gasteiger partial charge in [0.2, 0.25) is 11.8 Å². The van der Waals surface area contributed by atoms with E-state index in [0.717, 1.165) is 38.9 Å². The van der Waals surface area contributed by atoms with E-state index in [1.165, 1.54) is 6.42 Å². The van der Waals surface area contributed by atoms with Crippen molar-refractivity contribution in [1.29, 1.82) is 0 Å². The number of piperidine rings is 3. The van der Waals surface area contributed by atoms with Gasteiger partial charge in [-0.05, 0) is 37.0 Å². The molecule has 3 fully saturated rings. The van der Waals surface area contributed by atoms with Crippen LogP contribution in [0.5, 0.6) is 0 Å². The summed E-state index contributed by atoms with van der Waals surface area (Å²) in [5, 5.41) is 0. The predicted molar refractivity (Wildman–Crippen MR) is 77.0 cm³/mol. The van der Waals surface area contributed by atoms with Crippen LogP contribution in [0.15, 0.2) is 0 Å². The smallest absolute Gasteiger partial charge is 0.222 e. The molecule has 20 heavy (non-hydrogen) atoms. The lowest BCUT2D eigenvalue weighted by molar-refractivity contribution is -0.149. The van der Waals surface area contributed by atoms with E-state index in [4.69, 9.17) is 0 Å². The minimum absolute atomic E-state index is 0.310. The van der Waals surface area contributed by atoms with E-state index in [0.29, 0.717) is 42.0 Å². The van der Waals surface area contributed by atoms with Crippen LogP contribution in [0.4, 0.5) is 0 Å². The monoisotopic (exact) mass is 278 g/mol. The molecule has 3 rings (SSSR count). The molecule has 0 spiro atoms. The summed E-state index contributed by atoms with van der Waals surface area (Å²) in [4.78, 5) is 28.6. The molecule has 3 heterocycles. The Bertz CT molecular complexity index is 407. The van der Waals surface area contributed by atoms with Crippen LogP contribution in [0, 0.1) is 17.8 Å². The first-order chi connectivity index (χ1) is 9.54. The maximum absolute atomic E-state index is 12.3. The van der Waals surface area contributed by atoms with E-state index in [9.17, 15) is 9.59 Å². The van der Waals surface area contributed by atoms with Gasteiger partial charge >= 0.3 is 0 Å². The molecule has 2 bridgehead atoms. The fourth-order valence-corrected chi connectivity index (χ4v) is 4.29. The van der Waals surface area contributed by atoms with Crippen LogP contribution in [0.2, 0.25) is 0 Å². The Morgan fingerprint density at radius 1 is 1.30 bits per heavy atom. The van der Waals surface area contributed by atoms with Gasteiger partial charge in [0.1, 0.15) is 0 Å². The number of likely N-dealkylation sites (tertiary alicyclic amines) is 1. The minimum atomic E-state index is 0.310. The standard InChI is InChI=1S/C16H26N2O2/c1-11(2)6-16(20)17-8-12-7-13(10-17)14-4-3-5-15(19)18(14)9-12/h11-14H,3-10H2,1-2H3/t12-,13-,14-/m1/s1. The third-order valence-corrected chi connectivity index (χ3v) is 5.12. The van der Waals surface area contributed by atoms with Gasteiger partial charge in [-0.2, -0.15) is 0 Å². The van der Waals surface area contributed by atoms with Crippen molar-refractivity contribution in [3.8, 4) is 0 Å². The summed E-state index contributed by atoms with van der Waals surface area (Å²) >= 11 is 0. The lowest BCUT2D eigenvalue weighted by Gasteiger charge is -2.52. The Morgan fingerprint density at radius 3 is 2.85 bits per heavy atom. The molecule has 3 aliphatic rings. The van der Waals surface area contributed by atoms with E-state index in [1.807, 2.05) is 0 Å². The second kappa shape index (κ2) is 5.38. The van der Waals surface area contributed by atoms with Gasteiger partial charge in [-0.3, -0.25) is 9.59 Å². The molecule has 3 saturated heterocycles. The molecule has 4 nitrogen and oxygen atoms in total. The van der Waals surface area contributed by atoms with E-state index in [1.54, 1.807) is 0 Å². The minimum Gasteiger partial charge on any atom is -0.342 e. The third kappa shape index (κ3) is 2.57. The molecule has 4 heteroatoms. The highest BCUT2D eigenvalue weighted by Crippen LogP contribution is 2.38. The lowest BCUT2D eigenvalue weighted by atomic mass is 9.76. The van der Waals surface area contributed by atoms with Crippen LogP contribution in [0.1, 0.15) is 46.0 Å². The lowest BCUT2D eigenvalue weighted by Crippen LogP contribution is -2.61. The van der Waals surface area contributed by atoms with Crippen molar-refractivity contribution in [2.45, 2.75) is 52.0 Å². The summed E-state index contributed by atoms with van der Waals surface area (Å²) in [6.45, 7) is 6.81. The van der Waals surface area contributed by atoms with Crippen molar-refractivity contribution in [2.24, 2.45) is 17.8 Å². The Morgan fingerprint density at radius 2 is 2.10 bits per heavy atom. The van der Waals surface area contributed by atoms with Gasteiger partial charge in [0.25, 0.3) is 0 Å². The molecule has 0 aromatic heterocycles. The van der Waals surface area contributed by atoms with E-state index < -0.39 is 0 Å². The highest BCUT2D eigenvalue weighted by Gasteiger charge is 2.44. The molecule has 2 amide bonds. The molecular formula is C16H26N2O2. The number of fused-ring (bicyclic) bond motifs is 4. The summed E-state index contributed by atoms with van der Waals surface area (Å²) in [7, 11) is 0. The van der Waals surface area contributed by atoms with Crippen molar-refractivity contribution in [3.63, 3.8) is 0 Å².